The first-order chi connectivity index (χ1) is 11.2. The van der Waals surface area contributed by atoms with Gasteiger partial charge in [-0.25, -0.2) is 4.98 Å². The second-order valence-electron chi connectivity index (χ2n) is 5.88. The van der Waals surface area contributed by atoms with Crippen LogP contribution in [0, 0.1) is 0 Å². The van der Waals surface area contributed by atoms with E-state index in [4.69, 9.17) is 10.7 Å². The number of anilines is 1. The number of fused-ring (bicyclic) bond motifs is 1. The van der Waals surface area contributed by atoms with Crippen LogP contribution in [0.2, 0.25) is 0 Å². The molecule has 3 N–H and O–H groups in total. The molecule has 0 amide bonds. The van der Waals surface area contributed by atoms with Gasteiger partial charge in [-0.3, -0.25) is 4.99 Å². The van der Waals surface area contributed by atoms with E-state index in [1.807, 2.05) is 23.5 Å². The van der Waals surface area contributed by atoms with Crippen molar-refractivity contribution in [3.8, 4) is 0 Å². The van der Waals surface area contributed by atoms with Gasteiger partial charge >= 0.3 is 0 Å². The number of aliphatic imine (C=N–C) groups is 1. The maximum atomic E-state index is 5.98. The van der Waals surface area contributed by atoms with Crippen LogP contribution < -0.4 is 11.1 Å². The van der Waals surface area contributed by atoms with Crippen molar-refractivity contribution in [1.82, 2.24) is 4.98 Å². The Morgan fingerprint density at radius 2 is 2.22 bits per heavy atom. The smallest absolute Gasteiger partial charge is 0.193 e. The Balaban J connectivity index is 1.53. The van der Waals surface area contributed by atoms with Gasteiger partial charge in [0, 0.05) is 23.5 Å². The first-order valence-corrected chi connectivity index (χ1v) is 9.19. The SMILES string of the molecule is CCc1cccc(NC(N)=NCCc2nc3c(s2)CCCC3)c1. The average molecular weight is 328 g/mol. The third kappa shape index (κ3) is 4.32. The molecule has 122 valence electrons. The lowest BCUT2D eigenvalue weighted by Gasteiger charge is -2.07. The summed E-state index contributed by atoms with van der Waals surface area (Å²) in [7, 11) is 0. The van der Waals surface area contributed by atoms with Crippen molar-refractivity contribution in [2.45, 2.75) is 45.4 Å². The third-order valence-electron chi connectivity index (χ3n) is 4.11. The van der Waals surface area contributed by atoms with E-state index in [0.717, 1.165) is 24.9 Å². The third-order valence-corrected chi connectivity index (χ3v) is 5.32. The molecule has 0 unspecified atom stereocenters. The number of nitrogens with two attached hydrogens (primary N) is 1. The van der Waals surface area contributed by atoms with Crippen LogP contribution in [0.1, 0.15) is 40.9 Å². The predicted octanol–water partition coefficient (Wildman–Crippen LogP) is 3.55. The lowest BCUT2D eigenvalue weighted by molar-refractivity contribution is 0.680. The summed E-state index contributed by atoms with van der Waals surface area (Å²) in [5.74, 6) is 0.472. The summed E-state index contributed by atoms with van der Waals surface area (Å²) in [4.78, 5) is 10.7. The number of benzene rings is 1. The lowest BCUT2D eigenvalue weighted by Crippen LogP contribution is -2.23. The number of rotatable bonds is 5. The summed E-state index contributed by atoms with van der Waals surface area (Å²) in [5.41, 5.74) is 9.59. The molecule has 4 nitrogen and oxygen atoms in total. The van der Waals surface area contributed by atoms with Gasteiger partial charge in [0.05, 0.1) is 10.7 Å². The highest BCUT2D eigenvalue weighted by molar-refractivity contribution is 7.11. The van der Waals surface area contributed by atoms with Gasteiger partial charge in [0.15, 0.2) is 5.96 Å². The zero-order valence-corrected chi connectivity index (χ0v) is 14.5. The van der Waals surface area contributed by atoms with Crippen LogP contribution in [0.25, 0.3) is 0 Å². The normalized spacial score (nSPS) is 14.6. The molecule has 0 radical (unpaired) electrons. The van der Waals surface area contributed by atoms with E-state index >= 15 is 0 Å². The van der Waals surface area contributed by atoms with Crippen molar-refractivity contribution in [2.24, 2.45) is 10.7 Å². The standard InChI is InChI=1S/C18H24N4S/c1-2-13-6-5-7-14(12-13)21-18(19)20-11-10-17-22-15-8-3-4-9-16(15)23-17/h5-7,12H,2-4,8-11H2,1H3,(H3,19,20,21). The van der Waals surface area contributed by atoms with Gasteiger partial charge in [-0.1, -0.05) is 19.1 Å². The molecule has 0 saturated heterocycles. The average Bonchev–Trinajstić information content (AvgIpc) is 2.97. The predicted molar refractivity (Wildman–Crippen MR) is 98.4 cm³/mol. The zero-order chi connectivity index (χ0) is 16.1. The number of hydrogen-bond acceptors (Lipinski definition) is 3. The second-order valence-corrected chi connectivity index (χ2v) is 7.05. The Kier molecular flexibility index (Phi) is 5.28. The molecule has 0 bridgehead atoms. The summed E-state index contributed by atoms with van der Waals surface area (Å²) < 4.78 is 0. The van der Waals surface area contributed by atoms with Crippen molar-refractivity contribution in [3.63, 3.8) is 0 Å². The van der Waals surface area contributed by atoms with E-state index in [0.29, 0.717) is 12.5 Å². The minimum absolute atomic E-state index is 0.472. The van der Waals surface area contributed by atoms with Crippen LogP contribution in [0.3, 0.4) is 0 Å². The summed E-state index contributed by atoms with van der Waals surface area (Å²) in [5, 5.41) is 4.36. The monoisotopic (exact) mass is 328 g/mol. The van der Waals surface area contributed by atoms with Crippen LogP contribution in [-0.4, -0.2) is 17.5 Å². The molecule has 1 aliphatic rings. The quantitative estimate of drug-likeness (QED) is 0.651. The van der Waals surface area contributed by atoms with Gasteiger partial charge in [0.1, 0.15) is 0 Å². The Hall–Kier alpha value is -1.88. The molecule has 0 saturated carbocycles. The molecule has 5 heteroatoms. The first kappa shape index (κ1) is 16.0. The van der Waals surface area contributed by atoms with E-state index in [-0.39, 0.29) is 0 Å². The summed E-state index contributed by atoms with van der Waals surface area (Å²) in [6, 6.07) is 8.27. The Bertz CT molecular complexity index is 667. The highest BCUT2D eigenvalue weighted by atomic mass is 32.1. The summed E-state index contributed by atoms with van der Waals surface area (Å²) in [6.45, 7) is 2.82. The van der Waals surface area contributed by atoms with Crippen molar-refractivity contribution in [1.29, 1.82) is 0 Å². The van der Waals surface area contributed by atoms with Crippen molar-refractivity contribution >= 4 is 23.0 Å². The van der Waals surface area contributed by atoms with Crippen LogP contribution >= 0.6 is 11.3 Å². The van der Waals surface area contributed by atoms with Crippen LogP contribution in [0.4, 0.5) is 5.69 Å². The number of thiazole rings is 1. The van der Waals surface area contributed by atoms with Crippen LogP contribution in [0.15, 0.2) is 29.3 Å². The molecule has 0 atom stereocenters. The van der Waals surface area contributed by atoms with E-state index < -0.39 is 0 Å². The molecular weight excluding hydrogens is 304 g/mol. The number of aromatic nitrogens is 1. The fourth-order valence-corrected chi connectivity index (χ4v) is 3.99. The second kappa shape index (κ2) is 7.59. The number of aryl methyl sites for hydroxylation is 3. The molecule has 0 fully saturated rings. The van der Waals surface area contributed by atoms with E-state index in [1.54, 1.807) is 0 Å². The maximum absolute atomic E-state index is 5.98. The molecule has 0 spiro atoms. The van der Waals surface area contributed by atoms with Gasteiger partial charge in [-0.05, 0) is 49.8 Å². The highest BCUT2D eigenvalue weighted by Crippen LogP contribution is 2.26. The maximum Gasteiger partial charge on any atom is 0.193 e. The van der Waals surface area contributed by atoms with Gasteiger partial charge in [-0.15, -0.1) is 11.3 Å². The molecule has 0 aliphatic heterocycles. The molecule has 2 aromatic rings. The van der Waals surface area contributed by atoms with Crippen molar-refractivity contribution in [2.75, 3.05) is 11.9 Å². The fourth-order valence-electron chi connectivity index (χ4n) is 2.84. The van der Waals surface area contributed by atoms with Gasteiger partial charge < -0.3 is 11.1 Å². The fraction of sp³-hybridized carbons (Fsp3) is 0.444. The van der Waals surface area contributed by atoms with Gasteiger partial charge in [0.25, 0.3) is 0 Å². The molecular formula is C18H24N4S. The van der Waals surface area contributed by atoms with Crippen LogP contribution in [-0.2, 0) is 25.7 Å². The Morgan fingerprint density at radius 3 is 3.04 bits per heavy atom. The summed E-state index contributed by atoms with van der Waals surface area (Å²) >= 11 is 1.85. The topological polar surface area (TPSA) is 63.3 Å². The van der Waals surface area contributed by atoms with E-state index in [1.165, 1.54) is 40.4 Å². The number of nitrogens with zero attached hydrogens (tertiary/aromatic N) is 2. The minimum atomic E-state index is 0.472. The lowest BCUT2D eigenvalue weighted by atomic mass is 10.0. The van der Waals surface area contributed by atoms with E-state index in [9.17, 15) is 0 Å². The Labute approximate surface area is 141 Å². The Morgan fingerprint density at radius 1 is 1.35 bits per heavy atom. The minimum Gasteiger partial charge on any atom is -0.370 e. The van der Waals surface area contributed by atoms with E-state index in [2.05, 4.69) is 29.4 Å². The van der Waals surface area contributed by atoms with Crippen molar-refractivity contribution < 1.29 is 0 Å². The number of hydrogen-bond donors (Lipinski definition) is 2. The van der Waals surface area contributed by atoms with Crippen molar-refractivity contribution in [3.05, 3.63) is 45.4 Å². The number of guanidine groups is 1. The molecule has 1 heterocycles. The van der Waals surface area contributed by atoms with Gasteiger partial charge in [0.2, 0.25) is 0 Å². The molecule has 3 rings (SSSR count). The first-order valence-electron chi connectivity index (χ1n) is 8.38. The number of nitrogens with one attached hydrogen (secondary N) is 1. The van der Waals surface area contributed by atoms with Gasteiger partial charge in [-0.2, -0.15) is 0 Å². The summed E-state index contributed by atoms with van der Waals surface area (Å²) in [6.07, 6.45) is 6.82. The zero-order valence-electron chi connectivity index (χ0n) is 13.6. The highest BCUT2D eigenvalue weighted by Gasteiger charge is 2.14. The molecule has 1 aromatic heterocycles. The molecule has 1 aliphatic carbocycles. The van der Waals surface area contributed by atoms with Crippen LogP contribution in [0.5, 0.6) is 0 Å². The molecule has 1 aromatic carbocycles. The molecule has 23 heavy (non-hydrogen) atoms. The largest absolute Gasteiger partial charge is 0.370 e.